The summed E-state index contributed by atoms with van der Waals surface area (Å²) in [7, 11) is 1.41. The van der Waals surface area contributed by atoms with E-state index in [4.69, 9.17) is 14.7 Å². The lowest BCUT2D eigenvalue weighted by atomic mass is 10.2. The predicted octanol–water partition coefficient (Wildman–Crippen LogP) is 3.03. The summed E-state index contributed by atoms with van der Waals surface area (Å²) in [4.78, 5) is 3.80. The molecule has 0 radical (unpaired) electrons. The Bertz CT molecular complexity index is 654. The quantitative estimate of drug-likeness (QED) is 0.853. The Kier molecular flexibility index (Phi) is 3.57. The first-order valence-electron chi connectivity index (χ1n) is 5.20. The van der Waals surface area contributed by atoms with Gasteiger partial charge in [0.15, 0.2) is 23.1 Å². The van der Waals surface area contributed by atoms with Crippen LogP contribution >= 0.6 is 0 Å². The summed E-state index contributed by atoms with van der Waals surface area (Å²) < 4.78 is 37.2. The fraction of sp³-hybridized carbons (Fsp3) is 0.0769. The Morgan fingerprint density at radius 2 is 1.95 bits per heavy atom. The molecule has 0 unspecified atom stereocenters. The van der Waals surface area contributed by atoms with Gasteiger partial charge in [0.25, 0.3) is 0 Å². The van der Waals surface area contributed by atoms with E-state index in [1.54, 1.807) is 6.07 Å². The lowest BCUT2D eigenvalue weighted by Crippen LogP contribution is -1.95. The molecule has 4 nitrogen and oxygen atoms in total. The van der Waals surface area contributed by atoms with Gasteiger partial charge in [-0.15, -0.1) is 0 Å². The fourth-order valence-electron chi connectivity index (χ4n) is 1.42. The molecule has 19 heavy (non-hydrogen) atoms. The Labute approximate surface area is 107 Å². The highest BCUT2D eigenvalue weighted by Gasteiger charge is 2.13. The van der Waals surface area contributed by atoms with Crippen molar-refractivity contribution in [2.75, 3.05) is 7.11 Å². The Morgan fingerprint density at radius 3 is 2.63 bits per heavy atom. The molecule has 0 aliphatic heterocycles. The van der Waals surface area contributed by atoms with E-state index >= 15 is 0 Å². The van der Waals surface area contributed by atoms with Crippen LogP contribution in [0.1, 0.15) is 5.56 Å². The van der Waals surface area contributed by atoms with E-state index in [9.17, 15) is 8.78 Å². The molecule has 0 bridgehead atoms. The topological polar surface area (TPSA) is 55.1 Å². The lowest BCUT2D eigenvalue weighted by molar-refractivity contribution is 0.368. The molecule has 1 heterocycles. The number of benzene rings is 1. The average molecular weight is 262 g/mol. The van der Waals surface area contributed by atoms with Gasteiger partial charge in [0, 0.05) is 18.3 Å². The van der Waals surface area contributed by atoms with Crippen molar-refractivity contribution in [1.29, 1.82) is 5.26 Å². The van der Waals surface area contributed by atoms with Crippen LogP contribution in [0.4, 0.5) is 8.78 Å². The largest absolute Gasteiger partial charge is 0.493 e. The zero-order valence-electron chi connectivity index (χ0n) is 9.85. The third-order valence-corrected chi connectivity index (χ3v) is 2.33. The second-order valence-corrected chi connectivity index (χ2v) is 3.50. The number of halogens is 2. The van der Waals surface area contributed by atoms with Crippen LogP contribution in [-0.4, -0.2) is 12.1 Å². The van der Waals surface area contributed by atoms with Crippen molar-refractivity contribution in [3.05, 3.63) is 47.8 Å². The molecule has 2 rings (SSSR count). The SMILES string of the molecule is COc1ccncc1Oc1cc(F)c(C#N)cc1F. The molecule has 0 spiro atoms. The summed E-state index contributed by atoms with van der Waals surface area (Å²) in [5, 5.41) is 8.58. The highest BCUT2D eigenvalue weighted by Crippen LogP contribution is 2.32. The van der Waals surface area contributed by atoms with E-state index in [0.717, 1.165) is 12.1 Å². The zero-order valence-corrected chi connectivity index (χ0v) is 9.85. The van der Waals surface area contributed by atoms with Crippen molar-refractivity contribution in [3.8, 4) is 23.3 Å². The van der Waals surface area contributed by atoms with Crippen molar-refractivity contribution in [3.63, 3.8) is 0 Å². The first-order valence-corrected chi connectivity index (χ1v) is 5.20. The van der Waals surface area contributed by atoms with Crippen molar-refractivity contribution >= 4 is 0 Å². The molecule has 0 saturated heterocycles. The molecule has 0 N–H and O–H groups in total. The monoisotopic (exact) mass is 262 g/mol. The third kappa shape index (κ3) is 2.60. The molecule has 1 aromatic carbocycles. The Hall–Kier alpha value is -2.68. The standard InChI is InChI=1S/C13H8F2N2O2/c1-18-11-2-3-17-7-13(11)19-12-5-9(14)8(6-16)4-10(12)15/h2-5,7H,1H3. The molecule has 2 aromatic rings. The molecular formula is C13H8F2N2O2. The van der Waals surface area contributed by atoms with E-state index in [2.05, 4.69) is 4.98 Å². The van der Waals surface area contributed by atoms with E-state index in [-0.39, 0.29) is 17.1 Å². The maximum Gasteiger partial charge on any atom is 0.187 e. The number of ether oxygens (including phenoxy) is 2. The lowest BCUT2D eigenvalue weighted by Gasteiger charge is -2.10. The summed E-state index contributed by atoms with van der Waals surface area (Å²) in [6.07, 6.45) is 2.79. The number of methoxy groups -OCH3 is 1. The van der Waals surface area contributed by atoms with Gasteiger partial charge in [-0.1, -0.05) is 0 Å². The van der Waals surface area contributed by atoms with Gasteiger partial charge in [0.2, 0.25) is 0 Å². The number of nitriles is 1. The van der Waals surface area contributed by atoms with Crippen LogP contribution in [-0.2, 0) is 0 Å². The maximum absolute atomic E-state index is 13.6. The van der Waals surface area contributed by atoms with E-state index in [0.29, 0.717) is 5.75 Å². The molecule has 1 aromatic heterocycles. The van der Waals surface area contributed by atoms with Crippen molar-refractivity contribution < 1.29 is 18.3 Å². The van der Waals surface area contributed by atoms with Gasteiger partial charge in [-0.2, -0.15) is 5.26 Å². The summed E-state index contributed by atoms with van der Waals surface area (Å²) in [5.74, 6) is -1.57. The molecular weight excluding hydrogens is 254 g/mol. The van der Waals surface area contributed by atoms with Crippen molar-refractivity contribution in [1.82, 2.24) is 4.98 Å². The fourth-order valence-corrected chi connectivity index (χ4v) is 1.42. The van der Waals surface area contributed by atoms with E-state index < -0.39 is 11.6 Å². The van der Waals surface area contributed by atoms with Gasteiger partial charge in [0.05, 0.1) is 18.9 Å². The number of nitrogens with zero attached hydrogens (tertiary/aromatic N) is 2. The average Bonchev–Trinajstić information content (AvgIpc) is 2.43. The van der Waals surface area contributed by atoms with Crippen molar-refractivity contribution in [2.24, 2.45) is 0 Å². The van der Waals surface area contributed by atoms with Gasteiger partial charge in [-0.05, 0) is 6.07 Å². The number of hydrogen-bond acceptors (Lipinski definition) is 4. The molecule has 0 atom stereocenters. The van der Waals surface area contributed by atoms with Gasteiger partial charge in [-0.25, -0.2) is 8.78 Å². The summed E-state index contributed by atoms with van der Waals surface area (Å²) in [6, 6.07) is 4.64. The van der Waals surface area contributed by atoms with Gasteiger partial charge in [-0.3, -0.25) is 4.98 Å². The summed E-state index contributed by atoms with van der Waals surface area (Å²) in [6.45, 7) is 0. The summed E-state index contributed by atoms with van der Waals surface area (Å²) in [5.41, 5.74) is -0.386. The molecule has 0 amide bonds. The highest BCUT2D eigenvalue weighted by molar-refractivity contribution is 5.43. The molecule has 96 valence electrons. The third-order valence-electron chi connectivity index (χ3n) is 2.33. The molecule has 0 aliphatic carbocycles. The van der Waals surface area contributed by atoms with Crippen LogP contribution in [0.2, 0.25) is 0 Å². The minimum atomic E-state index is -0.859. The van der Waals surface area contributed by atoms with Crippen LogP contribution in [0.25, 0.3) is 0 Å². The van der Waals surface area contributed by atoms with Crippen LogP contribution in [0, 0.1) is 23.0 Å². The predicted molar refractivity (Wildman–Crippen MR) is 61.9 cm³/mol. The minimum Gasteiger partial charge on any atom is -0.493 e. The Balaban J connectivity index is 2.39. The maximum atomic E-state index is 13.6. The number of rotatable bonds is 3. The second-order valence-electron chi connectivity index (χ2n) is 3.50. The minimum absolute atomic E-state index is 0.146. The number of pyridine rings is 1. The molecule has 0 aliphatic rings. The zero-order chi connectivity index (χ0) is 13.8. The molecule has 6 heteroatoms. The van der Waals surface area contributed by atoms with E-state index in [1.165, 1.54) is 25.6 Å². The van der Waals surface area contributed by atoms with Crippen LogP contribution in [0.3, 0.4) is 0 Å². The van der Waals surface area contributed by atoms with Crippen LogP contribution < -0.4 is 9.47 Å². The Morgan fingerprint density at radius 1 is 1.16 bits per heavy atom. The van der Waals surface area contributed by atoms with Gasteiger partial charge in [0.1, 0.15) is 11.9 Å². The normalized spacial score (nSPS) is 9.79. The first-order chi connectivity index (χ1) is 9.15. The summed E-state index contributed by atoms with van der Waals surface area (Å²) >= 11 is 0. The smallest absolute Gasteiger partial charge is 0.187 e. The molecule has 0 saturated carbocycles. The molecule has 0 fully saturated rings. The highest BCUT2D eigenvalue weighted by atomic mass is 19.1. The van der Waals surface area contributed by atoms with Crippen LogP contribution in [0.5, 0.6) is 17.2 Å². The second kappa shape index (κ2) is 5.31. The first kappa shape index (κ1) is 12.8. The van der Waals surface area contributed by atoms with E-state index in [1.807, 2.05) is 0 Å². The van der Waals surface area contributed by atoms with Crippen molar-refractivity contribution in [2.45, 2.75) is 0 Å². The van der Waals surface area contributed by atoms with Crippen LogP contribution in [0.15, 0.2) is 30.6 Å². The van der Waals surface area contributed by atoms with Gasteiger partial charge < -0.3 is 9.47 Å². The number of hydrogen-bond donors (Lipinski definition) is 0. The number of aromatic nitrogens is 1. The van der Waals surface area contributed by atoms with Gasteiger partial charge >= 0.3 is 0 Å².